The highest BCUT2D eigenvalue weighted by Gasteiger charge is 2.14. The van der Waals surface area contributed by atoms with E-state index in [-0.39, 0.29) is 5.91 Å². The van der Waals surface area contributed by atoms with Gasteiger partial charge in [-0.25, -0.2) is 0 Å². The van der Waals surface area contributed by atoms with Gasteiger partial charge in [0, 0.05) is 42.8 Å². The Morgan fingerprint density at radius 2 is 1.72 bits per heavy atom. The fourth-order valence-corrected chi connectivity index (χ4v) is 3.52. The van der Waals surface area contributed by atoms with E-state index in [4.69, 9.17) is 0 Å². The quantitative estimate of drug-likeness (QED) is 0.925. The van der Waals surface area contributed by atoms with Crippen LogP contribution >= 0.6 is 0 Å². The number of aryl methyl sites for hydroxylation is 2. The van der Waals surface area contributed by atoms with Gasteiger partial charge in [0.2, 0.25) is 5.91 Å². The van der Waals surface area contributed by atoms with Crippen LogP contribution in [0.1, 0.15) is 42.6 Å². The second-order valence-corrected chi connectivity index (χ2v) is 6.95. The highest BCUT2D eigenvalue weighted by Crippen LogP contribution is 2.22. The molecule has 2 aromatic rings. The summed E-state index contributed by atoms with van der Waals surface area (Å²) in [6.45, 7) is 6.21. The molecule has 1 amide bonds. The smallest absolute Gasteiger partial charge is 0.228 e. The Bertz CT molecular complexity index is 725. The van der Waals surface area contributed by atoms with Crippen molar-refractivity contribution < 1.29 is 4.79 Å². The number of nitrogens with one attached hydrogen (secondary N) is 1. The van der Waals surface area contributed by atoms with Crippen LogP contribution in [0.5, 0.6) is 0 Å². The van der Waals surface area contributed by atoms with Crippen LogP contribution in [0.25, 0.3) is 0 Å². The molecule has 0 unspecified atom stereocenters. The molecule has 1 fully saturated rings. The zero-order valence-electron chi connectivity index (χ0n) is 15.5. The molecule has 1 aromatic carbocycles. The summed E-state index contributed by atoms with van der Waals surface area (Å²) in [5.74, 6) is 0.00159. The summed E-state index contributed by atoms with van der Waals surface area (Å²) in [7, 11) is 1.91. The molecule has 1 aromatic heterocycles. The van der Waals surface area contributed by atoms with Gasteiger partial charge in [0.15, 0.2) is 0 Å². The number of aromatic nitrogens is 2. The van der Waals surface area contributed by atoms with E-state index in [1.807, 2.05) is 37.7 Å². The van der Waals surface area contributed by atoms with Crippen molar-refractivity contribution in [2.75, 3.05) is 23.3 Å². The zero-order chi connectivity index (χ0) is 17.8. The fraction of sp³-hybridized carbons (Fsp3) is 0.500. The lowest BCUT2D eigenvalue weighted by atomic mass is 10.1. The lowest BCUT2D eigenvalue weighted by molar-refractivity contribution is -0.115. The Balaban J connectivity index is 1.61. The standard InChI is InChI=1S/C20H28N4O/c1-15-19(16(2)23(3)22-15)14-20(25)21-17-8-10-18(11-9-17)24-12-6-4-5-7-13-24/h8-11H,4-7,12-14H2,1-3H3,(H,21,25). The number of hydrogen-bond acceptors (Lipinski definition) is 3. The van der Waals surface area contributed by atoms with Crippen LogP contribution in [-0.4, -0.2) is 28.8 Å². The molecule has 1 N–H and O–H groups in total. The van der Waals surface area contributed by atoms with Crippen molar-refractivity contribution in [3.63, 3.8) is 0 Å². The molecule has 25 heavy (non-hydrogen) atoms. The van der Waals surface area contributed by atoms with Crippen molar-refractivity contribution in [3.8, 4) is 0 Å². The predicted octanol–water partition coefficient (Wildman–Crippen LogP) is 3.60. The summed E-state index contributed by atoms with van der Waals surface area (Å²) in [6.07, 6.45) is 5.56. The van der Waals surface area contributed by atoms with Gasteiger partial charge in [0.25, 0.3) is 0 Å². The van der Waals surface area contributed by atoms with Gasteiger partial charge >= 0.3 is 0 Å². The van der Waals surface area contributed by atoms with E-state index < -0.39 is 0 Å². The van der Waals surface area contributed by atoms with Gasteiger partial charge in [-0.3, -0.25) is 9.48 Å². The van der Waals surface area contributed by atoms with Crippen LogP contribution in [0, 0.1) is 13.8 Å². The fourth-order valence-electron chi connectivity index (χ4n) is 3.52. The molecule has 0 saturated carbocycles. The minimum absolute atomic E-state index is 0.00159. The van der Waals surface area contributed by atoms with E-state index in [0.29, 0.717) is 6.42 Å². The van der Waals surface area contributed by atoms with Crippen molar-refractivity contribution in [3.05, 3.63) is 41.2 Å². The van der Waals surface area contributed by atoms with Gasteiger partial charge in [-0.15, -0.1) is 0 Å². The summed E-state index contributed by atoms with van der Waals surface area (Å²) >= 11 is 0. The van der Waals surface area contributed by atoms with Crippen molar-refractivity contribution in [2.45, 2.75) is 46.0 Å². The highest BCUT2D eigenvalue weighted by atomic mass is 16.1. The second-order valence-electron chi connectivity index (χ2n) is 6.95. The minimum atomic E-state index is 0.00159. The highest BCUT2D eigenvalue weighted by molar-refractivity contribution is 5.92. The minimum Gasteiger partial charge on any atom is -0.372 e. The first-order valence-corrected chi connectivity index (χ1v) is 9.18. The molecule has 3 rings (SSSR count). The summed E-state index contributed by atoms with van der Waals surface area (Å²) in [6, 6.07) is 8.23. The molecule has 2 heterocycles. The van der Waals surface area contributed by atoms with E-state index >= 15 is 0 Å². The molecule has 0 atom stereocenters. The number of carbonyl (C=O) groups is 1. The van der Waals surface area contributed by atoms with Crippen molar-refractivity contribution in [2.24, 2.45) is 7.05 Å². The molecule has 0 radical (unpaired) electrons. The first-order chi connectivity index (χ1) is 12.0. The molecule has 0 bridgehead atoms. The average molecular weight is 340 g/mol. The van der Waals surface area contributed by atoms with Crippen molar-refractivity contribution in [1.82, 2.24) is 9.78 Å². The molecule has 5 heteroatoms. The Morgan fingerprint density at radius 3 is 2.28 bits per heavy atom. The molecule has 5 nitrogen and oxygen atoms in total. The molecular formula is C20H28N4O. The number of benzene rings is 1. The Kier molecular flexibility index (Phi) is 5.41. The number of anilines is 2. The molecule has 1 aliphatic rings. The van der Waals surface area contributed by atoms with Crippen LogP contribution in [0.3, 0.4) is 0 Å². The number of rotatable bonds is 4. The van der Waals surface area contributed by atoms with Gasteiger partial charge in [-0.1, -0.05) is 12.8 Å². The number of hydrogen-bond donors (Lipinski definition) is 1. The maximum atomic E-state index is 12.4. The summed E-state index contributed by atoms with van der Waals surface area (Å²) in [5, 5.41) is 7.37. The Labute approximate surface area is 150 Å². The third-order valence-electron chi connectivity index (χ3n) is 5.12. The lowest BCUT2D eigenvalue weighted by Crippen LogP contribution is -2.23. The SMILES string of the molecule is Cc1nn(C)c(C)c1CC(=O)Nc1ccc(N2CCCCCC2)cc1. The van der Waals surface area contributed by atoms with E-state index in [9.17, 15) is 4.79 Å². The van der Waals surface area contributed by atoms with Crippen molar-refractivity contribution >= 4 is 17.3 Å². The molecular weight excluding hydrogens is 312 g/mol. The van der Waals surface area contributed by atoms with Gasteiger partial charge < -0.3 is 10.2 Å². The maximum absolute atomic E-state index is 12.4. The zero-order valence-corrected chi connectivity index (χ0v) is 15.5. The first kappa shape index (κ1) is 17.5. The van der Waals surface area contributed by atoms with Crippen molar-refractivity contribution in [1.29, 1.82) is 0 Å². The third-order valence-corrected chi connectivity index (χ3v) is 5.12. The monoisotopic (exact) mass is 340 g/mol. The predicted molar refractivity (Wildman–Crippen MR) is 102 cm³/mol. The number of nitrogens with zero attached hydrogens (tertiary/aromatic N) is 3. The largest absolute Gasteiger partial charge is 0.372 e. The van der Waals surface area contributed by atoms with Gasteiger partial charge in [0.05, 0.1) is 12.1 Å². The van der Waals surface area contributed by atoms with E-state index in [2.05, 4.69) is 27.4 Å². The summed E-state index contributed by atoms with van der Waals surface area (Å²) in [4.78, 5) is 14.8. The third kappa shape index (κ3) is 4.21. The lowest BCUT2D eigenvalue weighted by Gasteiger charge is -2.22. The van der Waals surface area contributed by atoms with E-state index in [1.54, 1.807) is 0 Å². The molecule has 0 aliphatic carbocycles. The molecule has 0 spiro atoms. The van der Waals surface area contributed by atoms with E-state index in [0.717, 1.165) is 35.7 Å². The van der Waals surface area contributed by atoms with Crippen LogP contribution in [0.4, 0.5) is 11.4 Å². The Morgan fingerprint density at radius 1 is 1.08 bits per heavy atom. The molecule has 134 valence electrons. The topological polar surface area (TPSA) is 50.2 Å². The maximum Gasteiger partial charge on any atom is 0.228 e. The molecule has 1 aliphatic heterocycles. The van der Waals surface area contributed by atoms with E-state index in [1.165, 1.54) is 31.4 Å². The Hall–Kier alpha value is -2.30. The van der Waals surface area contributed by atoms with Crippen LogP contribution in [-0.2, 0) is 18.3 Å². The first-order valence-electron chi connectivity index (χ1n) is 9.18. The van der Waals surface area contributed by atoms with Gasteiger partial charge in [-0.2, -0.15) is 5.10 Å². The van der Waals surface area contributed by atoms with Crippen LogP contribution in [0.15, 0.2) is 24.3 Å². The van der Waals surface area contributed by atoms with Crippen LogP contribution < -0.4 is 10.2 Å². The van der Waals surface area contributed by atoms with Gasteiger partial charge in [0.1, 0.15) is 0 Å². The van der Waals surface area contributed by atoms with Crippen LogP contribution in [0.2, 0.25) is 0 Å². The molecule has 1 saturated heterocycles. The second kappa shape index (κ2) is 7.72. The number of amides is 1. The number of carbonyl (C=O) groups excluding carboxylic acids is 1. The summed E-state index contributed by atoms with van der Waals surface area (Å²) in [5.41, 5.74) is 5.08. The normalized spacial score (nSPS) is 15.1. The average Bonchev–Trinajstić information content (AvgIpc) is 2.81. The summed E-state index contributed by atoms with van der Waals surface area (Å²) < 4.78 is 1.83. The van der Waals surface area contributed by atoms with Gasteiger partial charge in [-0.05, 0) is 51.0 Å².